The number of para-hydroxylation sites is 2. The van der Waals surface area contributed by atoms with Gasteiger partial charge in [-0.15, -0.1) is 0 Å². The van der Waals surface area contributed by atoms with Crippen molar-refractivity contribution in [2.45, 2.75) is 11.4 Å². The second kappa shape index (κ2) is 8.70. The monoisotopic (exact) mass is 469 g/mol. The van der Waals surface area contributed by atoms with E-state index in [0.29, 0.717) is 5.82 Å². The molecule has 8 nitrogen and oxygen atoms in total. The van der Waals surface area contributed by atoms with Gasteiger partial charge in [0.2, 0.25) is 10.0 Å². The maximum absolute atomic E-state index is 12.7. The smallest absolute Gasteiger partial charge is 0.253 e. The summed E-state index contributed by atoms with van der Waals surface area (Å²) in [6.07, 6.45) is 3.38. The van der Waals surface area contributed by atoms with E-state index in [1.165, 1.54) is 32.3 Å². The van der Waals surface area contributed by atoms with Gasteiger partial charge in [0, 0.05) is 26.8 Å². The Hall–Kier alpha value is -3.27. The van der Waals surface area contributed by atoms with Crippen LogP contribution in [-0.4, -0.2) is 47.3 Å². The van der Waals surface area contributed by atoms with Crippen LogP contribution in [0, 0.1) is 0 Å². The van der Waals surface area contributed by atoms with Crippen LogP contribution in [0.1, 0.15) is 15.9 Å². The number of benzene rings is 2. The van der Waals surface area contributed by atoms with E-state index in [9.17, 15) is 13.2 Å². The first-order chi connectivity index (χ1) is 15.3. The Morgan fingerprint density at radius 2 is 1.88 bits per heavy atom. The number of rotatable bonds is 6. The molecular formula is C22H20ClN5O3S. The van der Waals surface area contributed by atoms with E-state index >= 15 is 0 Å². The zero-order valence-electron chi connectivity index (χ0n) is 17.4. The van der Waals surface area contributed by atoms with Crippen molar-refractivity contribution >= 4 is 38.6 Å². The molecule has 0 atom stereocenters. The highest BCUT2D eigenvalue weighted by Crippen LogP contribution is 2.22. The summed E-state index contributed by atoms with van der Waals surface area (Å²) >= 11 is 6.14. The van der Waals surface area contributed by atoms with Crippen molar-refractivity contribution in [1.82, 2.24) is 24.2 Å². The van der Waals surface area contributed by atoms with Crippen LogP contribution in [0.5, 0.6) is 0 Å². The number of fused-ring (bicyclic) bond motifs is 1. The Morgan fingerprint density at radius 3 is 2.59 bits per heavy atom. The maximum Gasteiger partial charge on any atom is 0.253 e. The molecule has 0 aliphatic heterocycles. The molecule has 1 N–H and O–H groups in total. The first kappa shape index (κ1) is 21.9. The molecule has 0 saturated heterocycles. The molecule has 4 rings (SSSR count). The summed E-state index contributed by atoms with van der Waals surface area (Å²) in [7, 11) is -0.834. The molecule has 0 saturated carbocycles. The second-order valence-electron chi connectivity index (χ2n) is 7.24. The minimum atomic E-state index is -3.68. The summed E-state index contributed by atoms with van der Waals surface area (Å²) in [5.41, 5.74) is 2.69. The van der Waals surface area contributed by atoms with Crippen LogP contribution in [-0.2, 0) is 16.6 Å². The van der Waals surface area contributed by atoms with E-state index in [1.54, 1.807) is 12.5 Å². The number of aromatic nitrogens is 3. The number of halogens is 1. The molecule has 2 heterocycles. The summed E-state index contributed by atoms with van der Waals surface area (Å²) in [4.78, 5) is 21.5. The minimum Gasteiger partial charge on any atom is -0.348 e. The first-order valence-electron chi connectivity index (χ1n) is 9.65. The Kier molecular flexibility index (Phi) is 5.96. The van der Waals surface area contributed by atoms with Gasteiger partial charge in [0.05, 0.1) is 26.5 Å². The zero-order valence-corrected chi connectivity index (χ0v) is 18.9. The molecule has 0 aliphatic rings. The quantitative estimate of drug-likeness (QED) is 0.467. The van der Waals surface area contributed by atoms with E-state index in [-0.39, 0.29) is 22.0 Å². The third kappa shape index (κ3) is 4.22. The fourth-order valence-electron chi connectivity index (χ4n) is 3.13. The number of carbonyl (C=O) groups excluding carboxylic acids is 1. The van der Waals surface area contributed by atoms with Crippen LogP contribution in [0.15, 0.2) is 72.0 Å². The van der Waals surface area contributed by atoms with E-state index in [2.05, 4.69) is 15.3 Å². The lowest BCUT2D eigenvalue weighted by molar-refractivity contribution is 0.0951. The minimum absolute atomic E-state index is 0.00405. The lowest BCUT2D eigenvalue weighted by atomic mass is 10.2. The Morgan fingerprint density at radius 1 is 1.09 bits per heavy atom. The van der Waals surface area contributed by atoms with Crippen LogP contribution in [0.3, 0.4) is 0 Å². The van der Waals surface area contributed by atoms with Crippen LogP contribution >= 0.6 is 11.6 Å². The summed E-state index contributed by atoms with van der Waals surface area (Å²) < 4.78 is 27.7. The molecule has 10 heteroatoms. The molecular weight excluding hydrogens is 450 g/mol. The van der Waals surface area contributed by atoms with Gasteiger partial charge in [0.15, 0.2) is 0 Å². The highest BCUT2D eigenvalue weighted by atomic mass is 35.5. The molecule has 0 bridgehead atoms. The largest absolute Gasteiger partial charge is 0.348 e. The van der Waals surface area contributed by atoms with Crippen molar-refractivity contribution < 1.29 is 13.2 Å². The lowest BCUT2D eigenvalue weighted by Gasteiger charge is -2.13. The number of amides is 1. The van der Waals surface area contributed by atoms with Gasteiger partial charge in [0.25, 0.3) is 5.91 Å². The molecule has 0 spiro atoms. The Bertz CT molecular complexity index is 1400. The van der Waals surface area contributed by atoms with Gasteiger partial charge < -0.3 is 5.32 Å². The topological polar surface area (TPSA) is 97.2 Å². The summed E-state index contributed by atoms with van der Waals surface area (Å²) in [5.74, 6) is 0.230. The van der Waals surface area contributed by atoms with E-state index < -0.39 is 15.9 Å². The molecule has 2 aromatic heterocycles. The number of sulfonamides is 1. The van der Waals surface area contributed by atoms with Gasteiger partial charge >= 0.3 is 0 Å². The van der Waals surface area contributed by atoms with Crippen LogP contribution in [0.4, 0.5) is 0 Å². The molecule has 0 unspecified atom stereocenters. The van der Waals surface area contributed by atoms with Crippen molar-refractivity contribution in [3.63, 3.8) is 0 Å². The highest BCUT2D eigenvalue weighted by molar-refractivity contribution is 7.89. The Labute approximate surface area is 190 Å². The number of pyridine rings is 1. The fourth-order valence-corrected chi connectivity index (χ4v) is 4.26. The number of nitrogens with zero attached hydrogens (tertiary/aromatic N) is 4. The molecule has 32 heavy (non-hydrogen) atoms. The van der Waals surface area contributed by atoms with Crippen molar-refractivity contribution in [1.29, 1.82) is 0 Å². The molecule has 0 fully saturated rings. The zero-order chi connectivity index (χ0) is 22.9. The van der Waals surface area contributed by atoms with E-state index in [1.807, 2.05) is 41.0 Å². The van der Waals surface area contributed by atoms with Gasteiger partial charge in [-0.2, -0.15) is 0 Å². The van der Waals surface area contributed by atoms with Crippen LogP contribution in [0.2, 0.25) is 5.02 Å². The van der Waals surface area contributed by atoms with Crippen molar-refractivity contribution in [3.05, 3.63) is 83.3 Å². The van der Waals surface area contributed by atoms with Gasteiger partial charge in [-0.3, -0.25) is 9.36 Å². The van der Waals surface area contributed by atoms with Crippen molar-refractivity contribution in [2.75, 3.05) is 14.1 Å². The first-order valence-corrected chi connectivity index (χ1v) is 11.5. The third-order valence-electron chi connectivity index (χ3n) is 4.92. The van der Waals surface area contributed by atoms with Gasteiger partial charge in [-0.1, -0.05) is 29.8 Å². The molecule has 1 amide bonds. The summed E-state index contributed by atoms with van der Waals surface area (Å²) in [6.45, 7) is 0.206. The number of hydrogen-bond acceptors (Lipinski definition) is 5. The van der Waals surface area contributed by atoms with Gasteiger partial charge in [-0.25, -0.2) is 22.7 Å². The molecule has 4 aromatic rings. The number of hydrogen-bond donors (Lipinski definition) is 1. The molecule has 0 aliphatic carbocycles. The maximum atomic E-state index is 12.7. The van der Waals surface area contributed by atoms with E-state index in [4.69, 9.17) is 11.6 Å². The molecule has 164 valence electrons. The number of carbonyl (C=O) groups is 1. The van der Waals surface area contributed by atoms with Crippen LogP contribution in [0.25, 0.3) is 16.9 Å². The van der Waals surface area contributed by atoms with Gasteiger partial charge in [-0.05, 0) is 42.0 Å². The standard InChI is InChI=1S/C22H20ClN5O3S/c1-27(2)32(30,31)16-8-9-18(23)17(11-16)22(29)25-13-15-7-10-21(24-12-15)28-14-26-19-5-3-4-6-20(19)28/h3-12,14H,13H2,1-2H3,(H,25,29). The van der Waals surface area contributed by atoms with E-state index in [0.717, 1.165) is 20.9 Å². The Balaban J connectivity index is 1.49. The average molecular weight is 470 g/mol. The lowest BCUT2D eigenvalue weighted by Crippen LogP contribution is -2.25. The number of nitrogens with one attached hydrogen (secondary N) is 1. The average Bonchev–Trinajstić information content (AvgIpc) is 3.22. The molecule has 0 radical (unpaired) electrons. The number of imidazole rings is 1. The predicted molar refractivity (Wildman–Crippen MR) is 122 cm³/mol. The second-order valence-corrected chi connectivity index (χ2v) is 9.80. The van der Waals surface area contributed by atoms with Crippen LogP contribution < -0.4 is 5.32 Å². The van der Waals surface area contributed by atoms with Gasteiger partial charge in [0.1, 0.15) is 12.1 Å². The SMILES string of the molecule is CN(C)S(=O)(=O)c1ccc(Cl)c(C(=O)NCc2ccc(-n3cnc4ccccc43)nc2)c1. The van der Waals surface area contributed by atoms with Crippen molar-refractivity contribution in [2.24, 2.45) is 0 Å². The summed E-state index contributed by atoms with van der Waals surface area (Å²) in [6, 6.07) is 15.5. The van der Waals surface area contributed by atoms with Crippen molar-refractivity contribution in [3.8, 4) is 5.82 Å². The predicted octanol–water partition coefficient (Wildman–Crippen LogP) is 3.25. The summed E-state index contributed by atoms with van der Waals surface area (Å²) in [5, 5.41) is 2.92. The fraction of sp³-hybridized carbons (Fsp3) is 0.136. The highest BCUT2D eigenvalue weighted by Gasteiger charge is 2.20. The normalized spacial score (nSPS) is 11.8. The molecule has 2 aromatic carbocycles. The third-order valence-corrected chi connectivity index (χ3v) is 7.06.